The van der Waals surface area contributed by atoms with Gasteiger partial charge in [-0.15, -0.1) is 0 Å². The van der Waals surface area contributed by atoms with Gasteiger partial charge in [-0.05, 0) is 62.2 Å². The van der Waals surface area contributed by atoms with Crippen LogP contribution in [0, 0.1) is 0 Å². The van der Waals surface area contributed by atoms with Gasteiger partial charge in [0, 0.05) is 39.3 Å². The van der Waals surface area contributed by atoms with E-state index >= 15 is 0 Å². The second-order valence-electron chi connectivity index (χ2n) is 10.2. The molecule has 1 amide bonds. The smallest absolute Gasteiger partial charge is 0.341 e. The van der Waals surface area contributed by atoms with Crippen molar-refractivity contribution in [2.45, 2.75) is 44.4 Å². The lowest BCUT2D eigenvalue weighted by Crippen LogP contribution is -2.54. The van der Waals surface area contributed by atoms with Crippen molar-refractivity contribution in [2.24, 2.45) is 0 Å². The van der Waals surface area contributed by atoms with E-state index in [0.717, 1.165) is 6.07 Å². The molecular formula is C26H31Cl3F3N3O3S. The van der Waals surface area contributed by atoms with Gasteiger partial charge in [0.2, 0.25) is 15.9 Å². The van der Waals surface area contributed by atoms with E-state index < -0.39 is 32.2 Å². The number of carbonyl (C=O) groups excluding carboxylic acids is 1. The zero-order chi connectivity index (χ0) is 29.3. The van der Waals surface area contributed by atoms with E-state index in [-0.39, 0.29) is 29.1 Å². The summed E-state index contributed by atoms with van der Waals surface area (Å²) in [6, 6.07) is 8.31. The molecule has 1 heterocycles. The third kappa shape index (κ3) is 7.59. The normalized spacial score (nSPS) is 19.1. The number of hydrogen-bond donors (Lipinski definition) is 0. The van der Waals surface area contributed by atoms with E-state index in [2.05, 4.69) is 4.90 Å². The Balaban J connectivity index is 1.85. The Morgan fingerprint density at radius 3 is 2.26 bits per heavy atom. The number of halogens is 6. The molecule has 0 aromatic heterocycles. The van der Waals surface area contributed by atoms with Gasteiger partial charge in [0.15, 0.2) is 0 Å². The average molecular weight is 629 g/mol. The first kappa shape index (κ1) is 32.0. The van der Waals surface area contributed by atoms with Crippen molar-refractivity contribution < 1.29 is 26.4 Å². The molecule has 2 aromatic carbocycles. The number of nitrogens with zero attached hydrogens (tertiary/aromatic N) is 3. The van der Waals surface area contributed by atoms with E-state index in [1.54, 1.807) is 25.1 Å². The summed E-state index contributed by atoms with van der Waals surface area (Å²) in [4.78, 5) is 17.4. The number of alkyl halides is 3. The maximum absolute atomic E-state index is 13.9. The second kappa shape index (κ2) is 12.1. The van der Waals surface area contributed by atoms with E-state index in [9.17, 15) is 26.4 Å². The highest BCUT2D eigenvalue weighted by atomic mass is 35.5. The minimum atomic E-state index is -4.62. The van der Waals surface area contributed by atoms with Crippen LogP contribution in [-0.4, -0.2) is 74.0 Å². The van der Waals surface area contributed by atoms with Gasteiger partial charge in [-0.1, -0.05) is 46.9 Å². The molecule has 3 rings (SSSR count). The van der Waals surface area contributed by atoms with Gasteiger partial charge in [0.25, 0.3) is 0 Å². The summed E-state index contributed by atoms with van der Waals surface area (Å²) in [5.41, 5.74) is -1.16. The molecule has 0 spiro atoms. The van der Waals surface area contributed by atoms with Crippen LogP contribution in [-0.2, 0) is 33.0 Å². The lowest BCUT2D eigenvalue weighted by molar-refractivity contribution is -0.137. The topological polar surface area (TPSA) is 60.9 Å². The highest BCUT2D eigenvalue weighted by molar-refractivity contribution is 7.88. The van der Waals surface area contributed by atoms with Gasteiger partial charge < -0.3 is 9.80 Å². The fourth-order valence-corrected chi connectivity index (χ4v) is 6.62. The molecule has 216 valence electrons. The molecule has 0 bridgehead atoms. The first-order valence-electron chi connectivity index (χ1n) is 12.2. The fraction of sp³-hybridized carbons (Fsp3) is 0.500. The molecule has 1 saturated heterocycles. The summed E-state index contributed by atoms with van der Waals surface area (Å²) in [5.74, 6) is -0.313. The number of piperazine rings is 1. The predicted octanol–water partition coefficient (Wildman–Crippen LogP) is 5.94. The predicted molar refractivity (Wildman–Crippen MR) is 149 cm³/mol. The van der Waals surface area contributed by atoms with E-state index in [0.29, 0.717) is 43.2 Å². The van der Waals surface area contributed by atoms with Crippen LogP contribution in [0.5, 0.6) is 0 Å². The first-order valence-corrected chi connectivity index (χ1v) is 15.2. The summed E-state index contributed by atoms with van der Waals surface area (Å²) in [6.07, 6.45) is -3.08. The molecule has 0 N–H and O–H groups in total. The van der Waals surface area contributed by atoms with Gasteiger partial charge in [0.05, 0.1) is 32.3 Å². The van der Waals surface area contributed by atoms with Crippen molar-refractivity contribution in [3.05, 3.63) is 68.2 Å². The molecule has 6 nitrogen and oxygen atoms in total. The van der Waals surface area contributed by atoms with Gasteiger partial charge >= 0.3 is 6.18 Å². The summed E-state index contributed by atoms with van der Waals surface area (Å²) in [7, 11) is -1.79. The summed E-state index contributed by atoms with van der Waals surface area (Å²) in [6.45, 7) is 5.37. The number of likely N-dealkylation sites (N-methyl/N-ethyl adjacent to an activating group) is 1. The van der Waals surface area contributed by atoms with Crippen LogP contribution in [0.2, 0.25) is 15.1 Å². The lowest BCUT2D eigenvalue weighted by Gasteiger charge is -2.40. The summed E-state index contributed by atoms with van der Waals surface area (Å²) < 4.78 is 65.6. The Labute approximate surface area is 242 Å². The van der Waals surface area contributed by atoms with Crippen LogP contribution in [0.1, 0.15) is 37.0 Å². The number of benzene rings is 2. The summed E-state index contributed by atoms with van der Waals surface area (Å²) >= 11 is 18.2. The molecule has 39 heavy (non-hydrogen) atoms. The second-order valence-corrected chi connectivity index (χ2v) is 13.4. The van der Waals surface area contributed by atoms with Crippen LogP contribution >= 0.6 is 34.8 Å². The Hall–Kier alpha value is -1.56. The SMILES string of the molecule is CC1CN(CCC(C)(C(=O)N(C)Cc2ccc(Cl)c(C(F)(F)F)c2)c2ccc(Cl)c(Cl)c2)CCN1S(C)(=O)=O. The number of rotatable bonds is 8. The number of sulfonamides is 1. The average Bonchev–Trinajstić information content (AvgIpc) is 2.83. The third-order valence-corrected chi connectivity index (χ3v) is 9.60. The summed E-state index contributed by atoms with van der Waals surface area (Å²) in [5, 5.41) is 0.194. The first-order chi connectivity index (χ1) is 17.9. The van der Waals surface area contributed by atoms with Gasteiger partial charge in [0.1, 0.15) is 0 Å². The monoisotopic (exact) mass is 627 g/mol. The van der Waals surface area contributed by atoms with Crippen molar-refractivity contribution >= 4 is 50.7 Å². The molecule has 1 aliphatic rings. The van der Waals surface area contributed by atoms with E-state index in [4.69, 9.17) is 34.8 Å². The zero-order valence-electron chi connectivity index (χ0n) is 22.0. The van der Waals surface area contributed by atoms with Crippen LogP contribution in [0.25, 0.3) is 0 Å². The molecule has 0 saturated carbocycles. The van der Waals surface area contributed by atoms with Crippen molar-refractivity contribution in [2.75, 3.05) is 39.5 Å². The Morgan fingerprint density at radius 2 is 1.69 bits per heavy atom. The lowest BCUT2D eigenvalue weighted by atomic mass is 9.77. The Kier molecular flexibility index (Phi) is 9.94. The molecule has 2 aromatic rings. The van der Waals surface area contributed by atoms with Crippen molar-refractivity contribution in [1.82, 2.24) is 14.1 Å². The molecule has 0 aliphatic carbocycles. The maximum Gasteiger partial charge on any atom is 0.417 e. The van der Waals surface area contributed by atoms with E-state index in [1.165, 1.54) is 34.6 Å². The highest BCUT2D eigenvalue weighted by Gasteiger charge is 2.39. The third-order valence-electron chi connectivity index (χ3n) is 7.14. The van der Waals surface area contributed by atoms with Gasteiger partial charge in [-0.25, -0.2) is 8.42 Å². The zero-order valence-corrected chi connectivity index (χ0v) is 25.1. The fourth-order valence-electron chi connectivity index (χ4n) is 4.96. The molecule has 0 radical (unpaired) electrons. The highest BCUT2D eigenvalue weighted by Crippen LogP contribution is 2.37. The van der Waals surface area contributed by atoms with Crippen molar-refractivity contribution in [3.8, 4) is 0 Å². The minimum absolute atomic E-state index is 0.0694. The van der Waals surface area contributed by atoms with Crippen molar-refractivity contribution in [1.29, 1.82) is 0 Å². The molecule has 2 atom stereocenters. The minimum Gasteiger partial charge on any atom is -0.341 e. The van der Waals surface area contributed by atoms with Crippen LogP contribution in [0.3, 0.4) is 0 Å². The molecule has 13 heteroatoms. The van der Waals surface area contributed by atoms with Gasteiger partial charge in [-0.3, -0.25) is 4.79 Å². The quantitative estimate of drug-likeness (QED) is 0.363. The van der Waals surface area contributed by atoms with Crippen LogP contribution in [0.4, 0.5) is 13.2 Å². The van der Waals surface area contributed by atoms with Crippen LogP contribution < -0.4 is 0 Å². The molecule has 2 unspecified atom stereocenters. The number of carbonyl (C=O) groups is 1. The van der Waals surface area contributed by atoms with Crippen LogP contribution in [0.15, 0.2) is 36.4 Å². The number of amides is 1. The molecular weight excluding hydrogens is 598 g/mol. The van der Waals surface area contributed by atoms with Gasteiger partial charge in [-0.2, -0.15) is 17.5 Å². The Bertz CT molecular complexity index is 1330. The Morgan fingerprint density at radius 1 is 1.05 bits per heavy atom. The number of hydrogen-bond acceptors (Lipinski definition) is 4. The van der Waals surface area contributed by atoms with Crippen molar-refractivity contribution in [3.63, 3.8) is 0 Å². The van der Waals surface area contributed by atoms with E-state index in [1.807, 2.05) is 6.92 Å². The maximum atomic E-state index is 13.9. The molecule has 1 fully saturated rings. The largest absolute Gasteiger partial charge is 0.417 e. The standard InChI is InChI=1S/C26H31Cl3F3N3O3S/c1-17-15-34(11-12-35(17)39(4,37)38)10-9-25(2,19-6-8-22(28)23(29)14-19)24(36)33(3)16-18-5-7-21(27)20(13-18)26(30,31)32/h5-8,13-14,17H,9-12,15-16H2,1-4H3. The molecule has 1 aliphatic heterocycles.